The van der Waals surface area contributed by atoms with Crippen molar-refractivity contribution >= 4 is 17.7 Å². The Kier molecular flexibility index (Phi) is 5.78. The van der Waals surface area contributed by atoms with Crippen LogP contribution in [0.3, 0.4) is 0 Å². The fraction of sp³-hybridized carbons (Fsp3) is 0.417. The van der Waals surface area contributed by atoms with Crippen LogP contribution < -0.4 is 5.32 Å². The molecule has 2 N–H and O–H groups in total. The molecule has 0 radical (unpaired) electrons. The van der Waals surface area contributed by atoms with Crippen molar-refractivity contribution in [2.75, 3.05) is 18.6 Å². The van der Waals surface area contributed by atoms with Gasteiger partial charge in [-0.05, 0) is 30.4 Å². The number of amides is 1. The molecule has 16 heavy (non-hydrogen) atoms. The summed E-state index contributed by atoms with van der Waals surface area (Å²) >= 11 is 1.67. The molecule has 0 saturated carbocycles. The lowest BCUT2D eigenvalue weighted by molar-refractivity contribution is -0.120. The molecule has 1 rings (SSSR count). The first-order valence-corrected chi connectivity index (χ1v) is 6.65. The Bertz CT molecular complexity index is 324. The normalized spacial score (nSPS) is 10.1. The fourth-order valence-corrected chi connectivity index (χ4v) is 1.68. The van der Waals surface area contributed by atoms with Gasteiger partial charge in [-0.2, -0.15) is 11.8 Å². The summed E-state index contributed by atoms with van der Waals surface area (Å²) in [5, 5.41) is 12.0. The van der Waals surface area contributed by atoms with Crippen LogP contribution in [-0.2, 0) is 11.2 Å². The van der Waals surface area contributed by atoms with Gasteiger partial charge in [0.15, 0.2) is 0 Å². The topological polar surface area (TPSA) is 49.3 Å². The summed E-state index contributed by atoms with van der Waals surface area (Å²) in [6, 6.07) is 7.04. The highest BCUT2D eigenvalue weighted by Gasteiger charge is 1.99. The summed E-state index contributed by atoms with van der Waals surface area (Å²) in [5.41, 5.74) is 1.11. The Balaban J connectivity index is 2.20. The van der Waals surface area contributed by atoms with Gasteiger partial charge in [0.05, 0.1) is 0 Å². The number of phenols is 1. The van der Waals surface area contributed by atoms with Crippen LogP contribution in [0.4, 0.5) is 0 Å². The minimum atomic E-state index is 0.105. The maximum Gasteiger partial charge on any atom is 0.220 e. The molecule has 0 saturated heterocycles. The molecule has 3 nitrogen and oxygen atoms in total. The molecule has 0 bridgehead atoms. The summed E-state index contributed by atoms with van der Waals surface area (Å²) in [7, 11) is 0. The zero-order chi connectivity index (χ0) is 11.8. The van der Waals surface area contributed by atoms with Gasteiger partial charge in [0.2, 0.25) is 5.91 Å². The van der Waals surface area contributed by atoms with E-state index >= 15 is 0 Å². The second kappa shape index (κ2) is 7.17. The quantitative estimate of drug-likeness (QED) is 0.796. The molecule has 1 amide bonds. The highest BCUT2D eigenvalue weighted by Crippen LogP contribution is 2.09. The van der Waals surface area contributed by atoms with Crippen LogP contribution in [0.5, 0.6) is 5.75 Å². The van der Waals surface area contributed by atoms with Crippen molar-refractivity contribution in [1.82, 2.24) is 5.32 Å². The van der Waals surface area contributed by atoms with E-state index in [1.807, 2.05) is 18.4 Å². The summed E-state index contributed by atoms with van der Waals surface area (Å²) in [6.07, 6.45) is 3.37. The van der Waals surface area contributed by atoms with Crippen LogP contribution in [-0.4, -0.2) is 29.6 Å². The number of thioether (sulfide) groups is 1. The van der Waals surface area contributed by atoms with E-state index in [1.54, 1.807) is 23.9 Å². The second-order valence-corrected chi connectivity index (χ2v) is 4.49. The number of aromatic hydroxyl groups is 1. The number of nitrogens with one attached hydrogen (secondary N) is 1. The lowest BCUT2D eigenvalue weighted by Crippen LogP contribution is -2.25. The Morgan fingerprint density at radius 3 is 2.69 bits per heavy atom. The van der Waals surface area contributed by atoms with Crippen LogP contribution in [0.15, 0.2) is 24.3 Å². The summed E-state index contributed by atoms with van der Waals surface area (Å²) in [6.45, 7) is 0.651. The predicted molar refractivity (Wildman–Crippen MR) is 67.8 cm³/mol. The van der Waals surface area contributed by atoms with Crippen molar-refractivity contribution in [1.29, 1.82) is 0 Å². The molecule has 1 aromatic carbocycles. The summed E-state index contributed by atoms with van der Waals surface area (Å²) < 4.78 is 0. The molecule has 0 fully saturated rings. The van der Waals surface area contributed by atoms with Crippen molar-refractivity contribution in [2.24, 2.45) is 0 Å². The van der Waals surface area contributed by atoms with Gasteiger partial charge in [0.25, 0.3) is 0 Å². The minimum Gasteiger partial charge on any atom is -0.508 e. The van der Waals surface area contributed by atoms with Gasteiger partial charge in [-0.15, -0.1) is 0 Å². The SMILES string of the molecule is CSCCC(=O)NCCc1ccc(O)cc1. The van der Waals surface area contributed by atoms with Crippen LogP contribution in [0.2, 0.25) is 0 Å². The number of phenolic OH excluding ortho intramolecular Hbond substituents is 1. The van der Waals surface area contributed by atoms with E-state index in [0.717, 1.165) is 17.7 Å². The van der Waals surface area contributed by atoms with Crippen molar-refractivity contribution in [3.05, 3.63) is 29.8 Å². The zero-order valence-electron chi connectivity index (χ0n) is 9.40. The largest absolute Gasteiger partial charge is 0.508 e. The zero-order valence-corrected chi connectivity index (χ0v) is 10.2. The van der Waals surface area contributed by atoms with Crippen molar-refractivity contribution in [2.45, 2.75) is 12.8 Å². The molecule has 0 aromatic heterocycles. The summed E-state index contributed by atoms with van der Waals surface area (Å²) in [5.74, 6) is 1.24. The molecule has 0 aliphatic heterocycles. The van der Waals surface area contributed by atoms with Gasteiger partial charge in [0, 0.05) is 18.7 Å². The Hall–Kier alpha value is -1.16. The van der Waals surface area contributed by atoms with Crippen molar-refractivity contribution in [3.63, 3.8) is 0 Å². The number of carbonyl (C=O) groups is 1. The molecule has 0 unspecified atom stereocenters. The molecular weight excluding hydrogens is 222 g/mol. The number of rotatable bonds is 6. The van der Waals surface area contributed by atoms with E-state index in [4.69, 9.17) is 5.11 Å². The van der Waals surface area contributed by atoms with Gasteiger partial charge < -0.3 is 10.4 Å². The lowest BCUT2D eigenvalue weighted by atomic mass is 10.1. The number of hydrogen-bond acceptors (Lipinski definition) is 3. The Morgan fingerprint density at radius 2 is 2.06 bits per heavy atom. The Labute approximate surface area is 100 Å². The molecule has 0 atom stereocenters. The first-order valence-electron chi connectivity index (χ1n) is 5.26. The molecule has 0 heterocycles. The first-order chi connectivity index (χ1) is 7.72. The smallest absolute Gasteiger partial charge is 0.220 e. The molecular formula is C12H17NO2S. The highest BCUT2D eigenvalue weighted by atomic mass is 32.2. The van der Waals surface area contributed by atoms with E-state index < -0.39 is 0 Å². The summed E-state index contributed by atoms with van der Waals surface area (Å²) in [4.78, 5) is 11.3. The van der Waals surface area contributed by atoms with Crippen LogP contribution in [0, 0.1) is 0 Å². The van der Waals surface area contributed by atoms with Gasteiger partial charge >= 0.3 is 0 Å². The fourth-order valence-electron chi connectivity index (χ4n) is 1.29. The van der Waals surface area contributed by atoms with Crippen LogP contribution >= 0.6 is 11.8 Å². The standard InChI is InChI=1S/C12H17NO2S/c1-16-9-7-12(15)13-8-6-10-2-4-11(14)5-3-10/h2-5,14H,6-9H2,1H3,(H,13,15). The molecule has 0 aliphatic carbocycles. The van der Waals surface area contributed by atoms with E-state index in [1.165, 1.54) is 0 Å². The highest BCUT2D eigenvalue weighted by molar-refractivity contribution is 7.98. The van der Waals surface area contributed by atoms with E-state index in [0.29, 0.717) is 13.0 Å². The molecule has 4 heteroatoms. The van der Waals surface area contributed by atoms with Crippen molar-refractivity contribution < 1.29 is 9.90 Å². The first kappa shape index (κ1) is 12.9. The number of benzene rings is 1. The maximum absolute atomic E-state index is 11.3. The van der Waals surface area contributed by atoms with Gasteiger partial charge in [-0.25, -0.2) is 0 Å². The van der Waals surface area contributed by atoms with E-state index in [2.05, 4.69) is 5.32 Å². The molecule has 1 aromatic rings. The van der Waals surface area contributed by atoms with Gasteiger partial charge in [-0.3, -0.25) is 4.79 Å². The molecule has 0 spiro atoms. The average Bonchev–Trinajstić information content (AvgIpc) is 2.29. The third-order valence-corrected chi connectivity index (χ3v) is 2.82. The number of hydrogen-bond donors (Lipinski definition) is 2. The average molecular weight is 239 g/mol. The monoisotopic (exact) mass is 239 g/mol. The predicted octanol–water partition coefficient (Wildman–Crippen LogP) is 1.80. The molecule has 88 valence electrons. The third kappa shape index (κ3) is 5.07. The van der Waals surface area contributed by atoms with Crippen LogP contribution in [0.1, 0.15) is 12.0 Å². The van der Waals surface area contributed by atoms with E-state index in [-0.39, 0.29) is 11.7 Å². The lowest BCUT2D eigenvalue weighted by Gasteiger charge is -2.04. The van der Waals surface area contributed by atoms with Gasteiger partial charge in [-0.1, -0.05) is 12.1 Å². The second-order valence-electron chi connectivity index (χ2n) is 3.51. The van der Waals surface area contributed by atoms with E-state index in [9.17, 15) is 4.79 Å². The van der Waals surface area contributed by atoms with Gasteiger partial charge in [0.1, 0.15) is 5.75 Å². The van der Waals surface area contributed by atoms with Crippen LogP contribution in [0.25, 0.3) is 0 Å². The van der Waals surface area contributed by atoms with Crippen molar-refractivity contribution in [3.8, 4) is 5.75 Å². The minimum absolute atomic E-state index is 0.105. The number of carbonyl (C=O) groups excluding carboxylic acids is 1. The maximum atomic E-state index is 11.3. The Morgan fingerprint density at radius 1 is 1.38 bits per heavy atom. The molecule has 0 aliphatic rings. The third-order valence-electron chi connectivity index (χ3n) is 2.21.